The number of thioether (sulfide) groups is 1. The smallest absolute Gasteiger partial charge is 0.234 e. The zero-order valence-corrected chi connectivity index (χ0v) is 6.83. The van der Waals surface area contributed by atoms with Crippen molar-refractivity contribution in [3.8, 4) is 0 Å². The summed E-state index contributed by atoms with van der Waals surface area (Å²) in [6.45, 7) is 1.39. The summed E-state index contributed by atoms with van der Waals surface area (Å²) in [4.78, 5) is 10.8. The molecule has 1 heterocycles. The number of nitrogens with one attached hydrogen (secondary N) is 2. The first-order valence-corrected chi connectivity index (χ1v) is 4.71. The van der Waals surface area contributed by atoms with Crippen LogP contribution in [0, 0.1) is 0 Å². The summed E-state index contributed by atoms with van der Waals surface area (Å²) >= 11 is 1.76. The van der Waals surface area contributed by atoms with E-state index in [2.05, 4.69) is 10.6 Å². The van der Waals surface area contributed by atoms with Gasteiger partial charge >= 0.3 is 0 Å². The number of carbonyl (C=O) groups is 1. The fraction of sp³-hybridized carbons (Fsp3) is 0.833. The standard InChI is InChI=1S/C6H12N2OS/c1-10-4-5-2-7-3-6(9)8-5/h5,7H,2-4H2,1H3,(H,8,9). The van der Waals surface area contributed by atoms with E-state index in [-0.39, 0.29) is 5.91 Å². The minimum atomic E-state index is 0.116. The summed E-state index contributed by atoms with van der Waals surface area (Å²) in [6, 6.07) is 0.330. The number of hydrogen-bond acceptors (Lipinski definition) is 3. The van der Waals surface area contributed by atoms with Gasteiger partial charge in [-0.05, 0) is 6.26 Å². The fourth-order valence-electron chi connectivity index (χ4n) is 0.991. The van der Waals surface area contributed by atoms with Crippen molar-refractivity contribution in [3.05, 3.63) is 0 Å². The normalized spacial score (nSPS) is 26.1. The van der Waals surface area contributed by atoms with E-state index in [1.54, 1.807) is 11.8 Å². The molecule has 2 N–H and O–H groups in total. The molecule has 58 valence electrons. The third kappa shape index (κ3) is 2.19. The Hall–Kier alpha value is -0.220. The molecular formula is C6H12N2OS. The molecule has 0 aromatic carbocycles. The molecule has 1 amide bonds. The summed E-state index contributed by atoms with van der Waals surface area (Å²) in [5, 5.41) is 5.94. The molecule has 1 aliphatic rings. The predicted octanol–water partition coefficient (Wildman–Crippen LogP) is -0.563. The van der Waals surface area contributed by atoms with E-state index in [9.17, 15) is 4.79 Å². The zero-order chi connectivity index (χ0) is 7.40. The lowest BCUT2D eigenvalue weighted by Gasteiger charge is -2.23. The molecule has 0 aliphatic carbocycles. The van der Waals surface area contributed by atoms with Gasteiger partial charge in [-0.25, -0.2) is 0 Å². The Bertz CT molecular complexity index is 127. The first kappa shape index (κ1) is 7.88. The van der Waals surface area contributed by atoms with Gasteiger partial charge in [0.25, 0.3) is 0 Å². The number of amides is 1. The maximum Gasteiger partial charge on any atom is 0.234 e. The van der Waals surface area contributed by atoms with E-state index in [4.69, 9.17) is 0 Å². The van der Waals surface area contributed by atoms with E-state index < -0.39 is 0 Å². The SMILES string of the molecule is CSCC1CNCC(=O)N1. The van der Waals surface area contributed by atoms with Crippen molar-refractivity contribution in [2.24, 2.45) is 0 Å². The van der Waals surface area contributed by atoms with Crippen molar-refractivity contribution in [1.82, 2.24) is 10.6 Å². The molecule has 0 spiro atoms. The average Bonchev–Trinajstić information content (AvgIpc) is 1.88. The van der Waals surface area contributed by atoms with Gasteiger partial charge in [0, 0.05) is 12.3 Å². The Balaban J connectivity index is 2.25. The maximum absolute atomic E-state index is 10.8. The van der Waals surface area contributed by atoms with E-state index in [0.29, 0.717) is 12.6 Å². The summed E-state index contributed by atoms with van der Waals surface area (Å²) in [7, 11) is 0. The lowest BCUT2D eigenvalue weighted by molar-refractivity contribution is -0.121. The summed E-state index contributed by atoms with van der Waals surface area (Å²) < 4.78 is 0. The molecule has 4 heteroatoms. The highest BCUT2D eigenvalue weighted by Gasteiger charge is 2.15. The summed E-state index contributed by atoms with van der Waals surface area (Å²) in [5.41, 5.74) is 0. The second-order valence-corrected chi connectivity index (χ2v) is 3.26. The van der Waals surface area contributed by atoms with Crippen LogP contribution in [0.3, 0.4) is 0 Å². The average molecular weight is 160 g/mol. The van der Waals surface area contributed by atoms with Gasteiger partial charge in [0.05, 0.1) is 12.6 Å². The van der Waals surface area contributed by atoms with Crippen LogP contribution in [0.25, 0.3) is 0 Å². The van der Waals surface area contributed by atoms with Crippen molar-refractivity contribution < 1.29 is 4.79 Å². The molecule has 0 radical (unpaired) electrons. The Morgan fingerprint density at radius 2 is 2.60 bits per heavy atom. The molecule has 0 bridgehead atoms. The first-order chi connectivity index (χ1) is 4.83. The van der Waals surface area contributed by atoms with E-state index >= 15 is 0 Å². The second kappa shape index (κ2) is 3.83. The van der Waals surface area contributed by atoms with Gasteiger partial charge < -0.3 is 10.6 Å². The number of carbonyl (C=O) groups excluding carboxylic acids is 1. The Labute approximate surface area is 64.9 Å². The molecular weight excluding hydrogens is 148 g/mol. The van der Waals surface area contributed by atoms with E-state index in [1.807, 2.05) is 6.26 Å². The second-order valence-electron chi connectivity index (χ2n) is 2.35. The van der Waals surface area contributed by atoms with Crippen LogP contribution in [-0.4, -0.2) is 37.0 Å². The fourth-order valence-corrected chi connectivity index (χ4v) is 1.59. The molecule has 1 aliphatic heterocycles. The third-order valence-electron chi connectivity index (χ3n) is 1.41. The topological polar surface area (TPSA) is 41.1 Å². The molecule has 1 atom stereocenters. The van der Waals surface area contributed by atoms with Crippen LogP contribution in [-0.2, 0) is 4.79 Å². The molecule has 0 aromatic heterocycles. The monoisotopic (exact) mass is 160 g/mol. The van der Waals surface area contributed by atoms with Crippen LogP contribution in [0.1, 0.15) is 0 Å². The molecule has 1 rings (SSSR count). The first-order valence-electron chi connectivity index (χ1n) is 3.32. The zero-order valence-electron chi connectivity index (χ0n) is 6.02. The predicted molar refractivity (Wildman–Crippen MR) is 43.2 cm³/mol. The van der Waals surface area contributed by atoms with Crippen LogP contribution in [0.15, 0.2) is 0 Å². The van der Waals surface area contributed by atoms with Gasteiger partial charge in [-0.3, -0.25) is 4.79 Å². The van der Waals surface area contributed by atoms with Crippen LogP contribution in [0.4, 0.5) is 0 Å². The Kier molecular flexibility index (Phi) is 3.02. The summed E-state index contributed by atoms with van der Waals surface area (Å²) in [5.74, 6) is 1.11. The number of piperazine rings is 1. The lowest BCUT2D eigenvalue weighted by atomic mass is 10.3. The summed E-state index contributed by atoms with van der Waals surface area (Å²) in [6.07, 6.45) is 2.04. The quantitative estimate of drug-likeness (QED) is 0.569. The van der Waals surface area contributed by atoms with Gasteiger partial charge in [0.2, 0.25) is 5.91 Å². The molecule has 1 saturated heterocycles. The van der Waals surface area contributed by atoms with Crippen molar-refractivity contribution in [3.63, 3.8) is 0 Å². The third-order valence-corrected chi connectivity index (χ3v) is 2.14. The van der Waals surface area contributed by atoms with Crippen LogP contribution in [0.5, 0.6) is 0 Å². The molecule has 0 aromatic rings. The van der Waals surface area contributed by atoms with Crippen molar-refractivity contribution >= 4 is 17.7 Å². The van der Waals surface area contributed by atoms with Crippen LogP contribution >= 0.6 is 11.8 Å². The molecule has 1 fully saturated rings. The van der Waals surface area contributed by atoms with E-state index in [1.165, 1.54) is 0 Å². The van der Waals surface area contributed by atoms with Crippen molar-refractivity contribution in [1.29, 1.82) is 0 Å². The minimum Gasteiger partial charge on any atom is -0.350 e. The van der Waals surface area contributed by atoms with Gasteiger partial charge in [0.15, 0.2) is 0 Å². The lowest BCUT2D eigenvalue weighted by Crippen LogP contribution is -2.53. The molecule has 10 heavy (non-hydrogen) atoms. The number of hydrogen-bond donors (Lipinski definition) is 2. The number of rotatable bonds is 2. The highest BCUT2D eigenvalue weighted by Crippen LogP contribution is 1.97. The Morgan fingerprint density at radius 3 is 3.20 bits per heavy atom. The molecule has 3 nitrogen and oxygen atoms in total. The van der Waals surface area contributed by atoms with Crippen LogP contribution in [0.2, 0.25) is 0 Å². The largest absolute Gasteiger partial charge is 0.350 e. The molecule has 0 saturated carbocycles. The molecule has 1 unspecified atom stereocenters. The van der Waals surface area contributed by atoms with Gasteiger partial charge in [-0.1, -0.05) is 0 Å². The maximum atomic E-state index is 10.8. The minimum absolute atomic E-state index is 0.116. The van der Waals surface area contributed by atoms with Crippen molar-refractivity contribution in [2.45, 2.75) is 6.04 Å². The highest BCUT2D eigenvalue weighted by molar-refractivity contribution is 7.98. The highest BCUT2D eigenvalue weighted by atomic mass is 32.2. The van der Waals surface area contributed by atoms with Gasteiger partial charge in [-0.15, -0.1) is 0 Å². The Morgan fingerprint density at radius 1 is 1.80 bits per heavy atom. The van der Waals surface area contributed by atoms with Gasteiger partial charge in [-0.2, -0.15) is 11.8 Å². The van der Waals surface area contributed by atoms with Crippen molar-refractivity contribution in [2.75, 3.05) is 25.1 Å². The van der Waals surface area contributed by atoms with Crippen LogP contribution < -0.4 is 10.6 Å². The van der Waals surface area contributed by atoms with E-state index in [0.717, 1.165) is 12.3 Å². The van der Waals surface area contributed by atoms with Gasteiger partial charge in [0.1, 0.15) is 0 Å².